The zero-order valence-corrected chi connectivity index (χ0v) is 13.0. The fourth-order valence-electron chi connectivity index (χ4n) is 2.66. The van der Waals surface area contributed by atoms with Gasteiger partial charge in [0.2, 0.25) is 5.91 Å². The maximum absolute atomic E-state index is 12.1. The molecule has 5 nitrogen and oxygen atoms in total. The van der Waals surface area contributed by atoms with E-state index in [-0.39, 0.29) is 6.04 Å². The van der Waals surface area contributed by atoms with E-state index in [1.165, 1.54) is 6.42 Å². The summed E-state index contributed by atoms with van der Waals surface area (Å²) in [7, 11) is 1.06. The lowest BCUT2D eigenvalue weighted by molar-refractivity contribution is -0.157. The van der Waals surface area contributed by atoms with Crippen LogP contribution in [-0.4, -0.2) is 49.2 Å². The van der Waals surface area contributed by atoms with E-state index in [9.17, 15) is 22.8 Å². The number of hydrogen-bond donors (Lipinski definition) is 2. The lowest BCUT2D eigenvalue weighted by Crippen LogP contribution is -2.48. The summed E-state index contributed by atoms with van der Waals surface area (Å²) >= 11 is 0. The topological polar surface area (TPSA) is 61.4 Å². The van der Waals surface area contributed by atoms with Crippen LogP contribution in [0, 0.1) is 5.92 Å². The Morgan fingerprint density at radius 1 is 1.23 bits per heavy atom. The van der Waals surface area contributed by atoms with Gasteiger partial charge in [-0.1, -0.05) is 19.3 Å². The van der Waals surface area contributed by atoms with Crippen LogP contribution < -0.4 is 10.6 Å². The highest BCUT2D eigenvalue weighted by atomic mass is 19.4. The molecule has 22 heavy (non-hydrogen) atoms. The summed E-state index contributed by atoms with van der Waals surface area (Å²) in [5, 5.41) is 5.06. The highest BCUT2D eigenvalue weighted by Crippen LogP contribution is 2.26. The first-order chi connectivity index (χ1) is 10.2. The first kappa shape index (κ1) is 18.6. The van der Waals surface area contributed by atoms with Gasteiger partial charge >= 0.3 is 12.2 Å². The van der Waals surface area contributed by atoms with E-state index in [0.29, 0.717) is 10.8 Å². The van der Waals surface area contributed by atoms with Gasteiger partial charge in [-0.05, 0) is 25.7 Å². The fourth-order valence-corrected chi connectivity index (χ4v) is 2.66. The molecule has 1 rings (SSSR count). The van der Waals surface area contributed by atoms with Crippen LogP contribution in [0.15, 0.2) is 0 Å². The first-order valence-electron chi connectivity index (χ1n) is 7.54. The van der Waals surface area contributed by atoms with Gasteiger partial charge in [0.05, 0.1) is 6.54 Å². The summed E-state index contributed by atoms with van der Waals surface area (Å²) in [6.45, 7) is 0.135. The molecule has 0 bridgehead atoms. The quantitative estimate of drug-likeness (QED) is 0.815. The van der Waals surface area contributed by atoms with Gasteiger partial charge in [0.1, 0.15) is 6.54 Å². The Labute approximate surface area is 128 Å². The predicted molar refractivity (Wildman–Crippen MR) is 76.3 cm³/mol. The average Bonchev–Trinajstić information content (AvgIpc) is 2.43. The van der Waals surface area contributed by atoms with Crippen molar-refractivity contribution in [3.05, 3.63) is 0 Å². The summed E-state index contributed by atoms with van der Waals surface area (Å²) in [6, 6.07) is -0.532. The average molecular weight is 323 g/mol. The van der Waals surface area contributed by atoms with Gasteiger partial charge < -0.3 is 15.5 Å². The maximum Gasteiger partial charge on any atom is 0.406 e. The molecule has 1 fully saturated rings. The third-order valence-electron chi connectivity index (χ3n) is 3.96. The van der Waals surface area contributed by atoms with E-state index in [0.717, 1.165) is 32.7 Å². The third-order valence-corrected chi connectivity index (χ3v) is 3.96. The molecular formula is C14H24F3N3O2. The Kier molecular flexibility index (Phi) is 6.96. The van der Waals surface area contributed by atoms with E-state index in [4.69, 9.17) is 0 Å². The van der Waals surface area contributed by atoms with Gasteiger partial charge in [-0.15, -0.1) is 0 Å². The second kappa shape index (κ2) is 8.24. The smallest absolute Gasteiger partial charge is 0.335 e. The van der Waals surface area contributed by atoms with Gasteiger partial charge in [-0.25, -0.2) is 4.79 Å². The van der Waals surface area contributed by atoms with Gasteiger partial charge in [-0.2, -0.15) is 13.2 Å². The number of alkyl halides is 3. The van der Waals surface area contributed by atoms with Gasteiger partial charge in [-0.3, -0.25) is 4.79 Å². The standard InChI is InChI=1S/C14H24F3N3O2/c1-10(11-6-4-3-5-7-11)19-13(22)18-8-12(21)20(2)9-14(15,16)17/h10-11H,3-9H2,1-2H3,(H2,18,19,22)/t10-/m1/s1. The summed E-state index contributed by atoms with van der Waals surface area (Å²) in [6.07, 6.45) is 1.21. The SMILES string of the molecule is C[C@@H](NC(=O)NCC(=O)N(C)CC(F)(F)F)C1CCCCC1. The zero-order chi connectivity index (χ0) is 16.8. The highest BCUT2D eigenvalue weighted by molar-refractivity contribution is 5.83. The van der Waals surface area contributed by atoms with Gasteiger partial charge in [0, 0.05) is 13.1 Å². The minimum absolute atomic E-state index is 0.0108. The van der Waals surface area contributed by atoms with E-state index in [2.05, 4.69) is 10.6 Å². The Bertz CT molecular complexity index is 382. The van der Waals surface area contributed by atoms with Crippen LogP contribution in [0.1, 0.15) is 39.0 Å². The van der Waals surface area contributed by atoms with Crippen molar-refractivity contribution in [1.29, 1.82) is 0 Å². The Morgan fingerprint density at radius 2 is 1.82 bits per heavy atom. The number of halogens is 3. The molecule has 8 heteroatoms. The molecule has 0 aromatic heterocycles. The second-order valence-corrected chi connectivity index (χ2v) is 5.88. The number of nitrogens with zero attached hydrogens (tertiary/aromatic N) is 1. The highest BCUT2D eigenvalue weighted by Gasteiger charge is 2.31. The number of likely N-dealkylation sites (N-methyl/N-ethyl adjacent to an activating group) is 1. The van der Waals surface area contributed by atoms with E-state index in [1.807, 2.05) is 6.92 Å². The Balaban J connectivity index is 2.28. The van der Waals surface area contributed by atoms with Crippen LogP contribution in [-0.2, 0) is 4.79 Å². The van der Waals surface area contributed by atoms with Crippen LogP contribution in [0.4, 0.5) is 18.0 Å². The fraction of sp³-hybridized carbons (Fsp3) is 0.857. The number of nitrogens with one attached hydrogen (secondary N) is 2. The molecule has 0 saturated heterocycles. The van der Waals surface area contributed by atoms with Crippen LogP contribution in [0.3, 0.4) is 0 Å². The molecule has 0 spiro atoms. The minimum atomic E-state index is -4.44. The molecule has 1 saturated carbocycles. The Morgan fingerprint density at radius 3 is 2.36 bits per heavy atom. The molecule has 1 aliphatic rings. The Hall–Kier alpha value is -1.47. The molecule has 0 aromatic carbocycles. The van der Waals surface area contributed by atoms with Crippen molar-refractivity contribution in [3.8, 4) is 0 Å². The zero-order valence-electron chi connectivity index (χ0n) is 13.0. The van der Waals surface area contributed by atoms with E-state index < -0.39 is 31.2 Å². The molecule has 128 valence electrons. The van der Waals surface area contributed by atoms with Gasteiger partial charge in [0.25, 0.3) is 0 Å². The van der Waals surface area contributed by atoms with Crippen LogP contribution >= 0.6 is 0 Å². The van der Waals surface area contributed by atoms with Crippen LogP contribution in [0.2, 0.25) is 0 Å². The number of carbonyl (C=O) groups excluding carboxylic acids is 2. The number of urea groups is 1. The molecule has 3 amide bonds. The summed E-state index contributed by atoms with van der Waals surface area (Å²) in [5.74, 6) is -0.360. The number of hydrogen-bond acceptors (Lipinski definition) is 2. The lowest BCUT2D eigenvalue weighted by atomic mass is 9.85. The summed E-state index contributed by atoms with van der Waals surface area (Å²) < 4.78 is 36.4. The normalized spacial score (nSPS) is 17.7. The monoisotopic (exact) mass is 323 g/mol. The minimum Gasteiger partial charge on any atom is -0.335 e. The number of carbonyl (C=O) groups is 2. The third kappa shape index (κ3) is 7.00. The molecule has 0 aromatic rings. The van der Waals surface area contributed by atoms with Crippen LogP contribution in [0.25, 0.3) is 0 Å². The van der Waals surface area contributed by atoms with Crippen molar-refractivity contribution in [2.24, 2.45) is 5.92 Å². The maximum atomic E-state index is 12.1. The van der Waals surface area contributed by atoms with Crippen molar-refractivity contribution < 1.29 is 22.8 Å². The van der Waals surface area contributed by atoms with E-state index in [1.54, 1.807) is 0 Å². The summed E-state index contributed by atoms with van der Waals surface area (Å²) in [4.78, 5) is 23.7. The number of rotatable bonds is 5. The largest absolute Gasteiger partial charge is 0.406 e. The molecule has 2 N–H and O–H groups in total. The molecule has 0 unspecified atom stereocenters. The van der Waals surface area contributed by atoms with Crippen molar-refractivity contribution in [2.75, 3.05) is 20.1 Å². The molecule has 0 radical (unpaired) electrons. The van der Waals surface area contributed by atoms with Gasteiger partial charge in [0.15, 0.2) is 0 Å². The van der Waals surface area contributed by atoms with Crippen molar-refractivity contribution >= 4 is 11.9 Å². The molecular weight excluding hydrogens is 299 g/mol. The van der Waals surface area contributed by atoms with Crippen molar-refractivity contribution in [2.45, 2.75) is 51.2 Å². The second-order valence-electron chi connectivity index (χ2n) is 5.88. The van der Waals surface area contributed by atoms with Crippen molar-refractivity contribution in [3.63, 3.8) is 0 Å². The lowest BCUT2D eigenvalue weighted by Gasteiger charge is -2.28. The summed E-state index contributed by atoms with van der Waals surface area (Å²) in [5.41, 5.74) is 0. The van der Waals surface area contributed by atoms with Crippen molar-refractivity contribution in [1.82, 2.24) is 15.5 Å². The molecule has 0 heterocycles. The molecule has 1 atom stereocenters. The predicted octanol–water partition coefficient (Wildman–Crippen LogP) is 2.28. The first-order valence-corrected chi connectivity index (χ1v) is 7.54. The molecule has 0 aliphatic heterocycles. The van der Waals surface area contributed by atoms with Crippen LogP contribution in [0.5, 0.6) is 0 Å². The number of amides is 3. The van der Waals surface area contributed by atoms with E-state index >= 15 is 0 Å². The molecule has 1 aliphatic carbocycles.